The number of aromatic nitrogens is 3. The van der Waals surface area contributed by atoms with Gasteiger partial charge in [0, 0.05) is 26.9 Å². The maximum Gasteiger partial charge on any atom is 0.270 e. The number of amides is 1. The van der Waals surface area contributed by atoms with E-state index in [0.717, 1.165) is 22.6 Å². The lowest BCUT2D eigenvalue weighted by Crippen LogP contribution is -2.28. The number of benzene rings is 1. The Morgan fingerprint density at radius 1 is 1.24 bits per heavy atom. The van der Waals surface area contributed by atoms with E-state index < -0.39 is 0 Å². The SMILES string of the molecule is COCCNC(=O)c1cc(-c2cccn2C)nn1-c1ccc(C)cc1. The number of ether oxygens (including phenoxy) is 1. The summed E-state index contributed by atoms with van der Waals surface area (Å²) in [6, 6.07) is 13.7. The van der Waals surface area contributed by atoms with E-state index in [4.69, 9.17) is 4.74 Å². The Hall–Kier alpha value is -2.86. The predicted octanol–water partition coefficient (Wildman–Crippen LogP) is 2.56. The van der Waals surface area contributed by atoms with Gasteiger partial charge < -0.3 is 14.6 Å². The summed E-state index contributed by atoms with van der Waals surface area (Å²) >= 11 is 0. The fourth-order valence-corrected chi connectivity index (χ4v) is 2.64. The van der Waals surface area contributed by atoms with E-state index in [0.29, 0.717) is 18.8 Å². The summed E-state index contributed by atoms with van der Waals surface area (Å²) in [4.78, 5) is 12.6. The van der Waals surface area contributed by atoms with Gasteiger partial charge in [-0.05, 0) is 37.3 Å². The van der Waals surface area contributed by atoms with Gasteiger partial charge in [0.15, 0.2) is 0 Å². The van der Waals surface area contributed by atoms with Crippen LogP contribution in [0.15, 0.2) is 48.7 Å². The van der Waals surface area contributed by atoms with Crippen molar-refractivity contribution in [1.82, 2.24) is 19.7 Å². The first-order valence-corrected chi connectivity index (χ1v) is 8.16. The first-order valence-electron chi connectivity index (χ1n) is 8.16. The molecule has 0 radical (unpaired) electrons. The van der Waals surface area contributed by atoms with Crippen LogP contribution in [0.4, 0.5) is 0 Å². The standard InChI is InChI=1S/C19H22N4O2/c1-14-6-8-15(9-7-14)23-18(19(24)20-10-12-25-3)13-16(21-23)17-5-4-11-22(17)2/h4-9,11,13H,10,12H2,1-3H3,(H,20,24). The number of hydrogen-bond donors (Lipinski definition) is 1. The molecule has 0 aliphatic heterocycles. The van der Waals surface area contributed by atoms with Gasteiger partial charge in [0.25, 0.3) is 5.91 Å². The Labute approximate surface area is 147 Å². The molecule has 2 heterocycles. The summed E-state index contributed by atoms with van der Waals surface area (Å²) in [7, 11) is 3.56. The summed E-state index contributed by atoms with van der Waals surface area (Å²) in [5.74, 6) is -0.175. The van der Waals surface area contributed by atoms with Crippen LogP contribution in [0.3, 0.4) is 0 Å². The zero-order valence-electron chi connectivity index (χ0n) is 14.7. The van der Waals surface area contributed by atoms with E-state index in [1.807, 2.05) is 67.2 Å². The second-order valence-electron chi connectivity index (χ2n) is 5.92. The lowest BCUT2D eigenvalue weighted by atomic mass is 10.2. The minimum Gasteiger partial charge on any atom is -0.383 e. The molecule has 0 fully saturated rings. The van der Waals surface area contributed by atoms with Crippen molar-refractivity contribution in [2.45, 2.75) is 6.92 Å². The highest BCUT2D eigenvalue weighted by Crippen LogP contribution is 2.22. The molecule has 1 N–H and O–H groups in total. The first kappa shape index (κ1) is 17.0. The molecule has 0 unspecified atom stereocenters. The minimum atomic E-state index is -0.175. The molecule has 0 saturated carbocycles. The third-order valence-electron chi connectivity index (χ3n) is 4.02. The van der Waals surface area contributed by atoms with E-state index in [1.54, 1.807) is 11.8 Å². The lowest BCUT2D eigenvalue weighted by Gasteiger charge is -2.08. The highest BCUT2D eigenvalue weighted by atomic mass is 16.5. The van der Waals surface area contributed by atoms with Crippen LogP contribution in [-0.2, 0) is 11.8 Å². The third kappa shape index (κ3) is 3.64. The summed E-state index contributed by atoms with van der Waals surface area (Å²) in [6.07, 6.45) is 1.96. The Kier molecular flexibility index (Phi) is 5.00. The van der Waals surface area contributed by atoms with Gasteiger partial charge in [0.05, 0.1) is 18.0 Å². The molecule has 0 aliphatic rings. The molecule has 6 nitrogen and oxygen atoms in total. The van der Waals surface area contributed by atoms with Crippen molar-refractivity contribution >= 4 is 5.91 Å². The van der Waals surface area contributed by atoms with E-state index in [2.05, 4.69) is 10.4 Å². The molecule has 3 rings (SSSR count). The van der Waals surface area contributed by atoms with Crippen LogP contribution in [0.2, 0.25) is 0 Å². The number of hydrogen-bond acceptors (Lipinski definition) is 3. The van der Waals surface area contributed by atoms with E-state index in [9.17, 15) is 4.79 Å². The highest BCUT2D eigenvalue weighted by molar-refractivity contribution is 5.94. The van der Waals surface area contributed by atoms with Crippen molar-refractivity contribution in [1.29, 1.82) is 0 Å². The minimum absolute atomic E-state index is 0.175. The molecule has 3 aromatic rings. The molecule has 0 aliphatic carbocycles. The summed E-state index contributed by atoms with van der Waals surface area (Å²) in [6.45, 7) is 2.95. The molecule has 0 spiro atoms. The average Bonchev–Trinajstić information content (AvgIpc) is 3.22. The van der Waals surface area contributed by atoms with Gasteiger partial charge in [-0.1, -0.05) is 17.7 Å². The second-order valence-corrected chi connectivity index (χ2v) is 5.92. The average molecular weight is 338 g/mol. The van der Waals surface area contributed by atoms with Gasteiger partial charge in [0.1, 0.15) is 11.4 Å². The molecule has 0 saturated heterocycles. The zero-order chi connectivity index (χ0) is 17.8. The van der Waals surface area contributed by atoms with Crippen LogP contribution in [-0.4, -0.2) is 40.5 Å². The number of carbonyl (C=O) groups is 1. The summed E-state index contributed by atoms with van der Waals surface area (Å²) in [5.41, 5.74) is 4.21. The van der Waals surface area contributed by atoms with Crippen LogP contribution in [0.5, 0.6) is 0 Å². The van der Waals surface area contributed by atoms with Crippen LogP contribution in [0, 0.1) is 6.92 Å². The monoisotopic (exact) mass is 338 g/mol. The Balaban J connectivity index is 2.01. The van der Waals surface area contributed by atoms with Gasteiger partial charge in [-0.2, -0.15) is 5.10 Å². The van der Waals surface area contributed by atoms with Gasteiger partial charge in [-0.15, -0.1) is 0 Å². The second kappa shape index (κ2) is 7.36. The molecular formula is C19H22N4O2. The third-order valence-corrected chi connectivity index (χ3v) is 4.02. The molecular weight excluding hydrogens is 316 g/mol. The number of nitrogens with zero attached hydrogens (tertiary/aromatic N) is 3. The number of carbonyl (C=O) groups excluding carboxylic acids is 1. The van der Waals surface area contributed by atoms with Crippen molar-refractivity contribution in [2.75, 3.05) is 20.3 Å². The van der Waals surface area contributed by atoms with E-state index >= 15 is 0 Å². The van der Waals surface area contributed by atoms with Crippen molar-refractivity contribution in [3.63, 3.8) is 0 Å². The number of nitrogens with one attached hydrogen (secondary N) is 1. The van der Waals surface area contributed by atoms with Crippen LogP contribution >= 0.6 is 0 Å². The van der Waals surface area contributed by atoms with E-state index in [1.165, 1.54) is 0 Å². The Morgan fingerprint density at radius 3 is 2.64 bits per heavy atom. The van der Waals surface area contributed by atoms with Gasteiger partial charge >= 0.3 is 0 Å². The molecule has 0 bridgehead atoms. The first-order chi connectivity index (χ1) is 12.1. The normalized spacial score (nSPS) is 10.8. The summed E-state index contributed by atoms with van der Waals surface area (Å²) in [5, 5.41) is 7.53. The molecule has 1 aromatic carbocycles. The molecule has 2 aromatic heterocycles. The van der Waals surface area contributed by atoms with Crippen LogP contribution in [0.25, 0.3) is 17.1 Å². The van der Waals surface area contributed by atoms with Crippen LogP contribution in [0.1, 0.15) is 16.1 Å². The number of aryl methyl sites for hydroxylation is 2. The van der Waals surface area contributed by atoms with Crippen molar-refractivity contribution in [3.8, 4) is 17.1 Å². The van der Waals surface area contributed by atoms with Crippen molar-refractivity contribution < 1.29 is 9.53 Å². The maximum atomic E-state index is 12.6. The van der Waals surface area contributed by atoms with Gasteiger partial charge in [-0.25, -0.2) is 4.68 Å². The molecule has 0 atom stereocenters. The van der Waals surface area contributed by atoms with Gasteiger partial charge in [0.2, 0.25) is 0 Å². The quantitative estimate of drug-likeness (QED) is 0.703. The summed E-state index contributed by atoms with van der Waals surface area (Å²) < 4.78 is 8.66. The lowest BCUT2D eigenvalue weighted by molar-refractivity contribution is 0.0929. The van der Waals surface area contributed by atoms with Crippen molar-refractivity contribution in [2.24, 2.45) is 7.05 Å². The topological polar surface area (TPSA) is 61.1 Å². The number of methoxy groups -OCH3 is 1. The molecule has 25 heavy (non-hydrogen) atoms. The molecule has 1 amide bonds. The largest absolute Gasteiger partial charge is 0.383 e. The van der Waals surface area contributed by atoms with Crippen molar-refractivity contribution in [3.05, 3.63) is 59.9 Å². The Bertz CT molecular complexity index is 862. The predicted molar refractivity (Wildman–Crippen MR) is 96.9 cm³/mol. The Morgan fingerprint density at radius 2 is 2.00 bits per heavy atom. The smallest absolute Gasteiger partial charge is 0.270 e. The molecule has 130 valence electrons. The maximum absolute atomic E-state index is 12.6. The fraction of sp³-hybridized carbons (Fsp3) is 0.263. The van der Waals surface area contributed by atoms with E-state index in [-0.39, 0.29) is 5.91 Å². The molecule has 6 heteroatoms. The highest BCUT2D eigenvalue weighted by Gasteiger charge is 2.18. The van der Waals surface area contributed by atoms with Gasteiger partial charge in [-0.3, -0.25) is 4.79 Å². The van der Waals surface area contributed by atoms with Crippen LogP contribution < -0.4 is 5.32 Å². The zero-order valence-corrected chi connectivity index (χ0v) is 14.7. The number of rotatable bonds is 6. The fourth-order valence-electron chi connectivity index (χ4n) is 2.64.